The summed E-state index contributed by atoms with van der Waals surface area (Å²) in [5.74, 6) is 2.63. The highest BCUT2D eigenvalue weighted by Crippen LogP contribution is 2.59. The van der Waals surface area contributed by atoms with Crippen LogP contribution in [0.5, 0.6) is 0 Å². The van der Waals surface area contributed by atoms with Gasteiger partial charge in [-0.1, -0.05) is 42.0 Å². The Morgan fingerprint density at radius 2 is 1.74 bits per heavy atom. The normalized spacial score (nSPS) is 22.4. The molecule has 9 rings (SSSR count). The first-order chi connectivity index (χ1) is 35.3. The summed E-state index contributed by atoms with van der Waals surface area (Å²) in [7, 11) is -5.88. The van der Waals surface area contributed by atoms with Crippen molar-refractivity contribution < 1.29 is 65.8 Å². The lowest BCUT2D eigenvalue weighted by Gasteiger charge is -2.41. The third-order valence-electron chi connectivity index (χ3n) is 14.2. The van der Waals surface area contributed by atoms with Crippen LogP contribution in [0.15, 0.2) is 60.7 Å². The number of nitrogens with one attached hydrogen (secondary N) is 2. The molecule has 390 valence electrons. The number of halogens is 4. The molecule has 17 nitrogen and oxygen atoms in total. The molecular formula is C51H51ClF3N6O11PS. The quantitative estimate of drug-likeness (QED) is 0.0560. The average Bonchev–Trinajstić information content (AvgIpc) is 4.09. The van der Waals surface area contributed by atoms with Crippen molar-refractivity contribution in [3.05, 3.63) is 104 Å². The molecule has 2 unspecified atom stereocenters. The van der Waals surface area contributed by atoms with Gasteiger partial charge in [0.25, 0.3) is 11.8 Å². The summed E-state index contributed by atoms with van der Waals surface area (Å²) >= 11 is 6.96. The predicted molar refractivity (Wildman–Crippen MR) is 263 cm³/mol. The van der Waals surface area contributed by atoms with Crippen molar-refractivity contribution in [1.29, 1.82) is 0 Å². The Bertz CT molecular complexity index is 3070. The molecule has 0 bridgehead atoms. The van der Waals surface area contributed by atoms with Gasteiger partial charge in [0, 0.05) is 72.9 Å². The van der Waals surface area contributed by atoms with Gasteiger partial charge >= 0.3 is 13.3 Å². The van der Waals surface area contributed by atoms with Crippen LogP contribution in [0, 0.1) is 17.7 Å². The first-order valence-electron chi connectivity index (χ1n) is 24.3. The van der Waals surface area contributed by atoms with Crippen LogP contribution in [0.2, 0.25) is 5.02 Å². The summed E-state index contributed by atoms with van der Waals surface area (Å²) in [6.07, 6.45) is 3.40. The van der Waals surface area contributed by atoms with E-state index in [1.807, 2.05) is 6.07 Å². The Morgan fingerprint density at radius 3 is 2.51 bits per heavy atom. The van der Waals surface area contributed by atoms with Crippen molar-refractivity contribution in [2.24, 2.45) is 0 Å². The fourth-order valence-corrected chi connectivity index (χ4v) is 11.9. The lowest BCUT2D eigenvalue weighted by Crippen LogP contribution is -2.61. The Morgan fingerprint density at radius 1 is 0.932 bits per heavy atom. The first kappa shape index (κ1) is 52.7. The van der Waals surface area contributed by atoms with Crippen LogP contribution in [-0.4, -0.2) is 128 Å². The van der Waals surface area contributed by atoms with Crippen molar-refractivity contribution in [3.8, 4) is 11.8 Å². The van der Waals surface area contributed by atoms with Crippen molar-refractivity contribution in [3.63, 3.8) is 0 Å². The third-order valence-corrected chi connectivity index (χ3v) is 16.6. The van der Waals surface area contributed by atoms with Crippen molar-refractivity contribution >= 4 is 82.0 Å². The topological polar surface area (TPSA) is 223 Å². The lowest BCUT2D eigenvalue weighted by molar-refractivity contribution is -0.152. The number of hydrogen-bond acceptors (Lipinski definition) is 10. The van der Waals surface area contributed by atoms with E-state index < -0.39 is 72.6 Å². The van der Waals surface area contributed by atoms with Gasteiger partial charge in [0.15, 0.2) is 0 Å². The summed E-state index contributed by atoms with van der Waals surface area (Å²) in [6.45, 7) is 0.724. The van der Waals surface area contributed by atoms with Gasteiger partial charge in [0.05, 0.1) is 23.1 Å². The Balaban J connectivity index is 0.854. The summed E-state index contributed by atoms with van der Waals surface area (Å²) < 4.78 is 61.2. The van der Waals surface area contributed by atoms with E-state index in [4.69, 9.17) is 16.3 Å². The molecule has 4 N–H and O–H groups in total. The van der Waals surface area contributed by atoms with Crippen LogP contribution in [0.4, 0.5) is 13.2 Å². The van der Waals surface area contributed by atoms with E-state index in [1.54, 1.807) is 17.0 Å². The van der Waals surface area contributed by atoms with Gasteiger partial charge in [0.2, 0.25) is 29.5 Å². The number of ether oxygens (including phenoxy) is 1. The number of alkyl halides is 2. The SMILES string of the molecule is O=C1CCC(N2Cc3cc(C#CCCCCCC(=O)N4CC[C@H]5CC[C@@H](C(=O)N6CCOC(c7ccc(F)c(Cl)c7)C6)N5C(=O)[C@@H](NC(=O)c5cc6cc(C(F)(F)P(=O)(O)O)ccc6s5)C4)ccc3C2=O)C(=O)N1. The molecule has 74 heavy (non-hydrogen) atoms. The number of benzene rings is 3. The maximum Gasteiger partial charge on any atom is 0.399 e. The molecule has 0 aliphatic carbocycles. The van der Waals surface area contributed by atoms with Gasteiger partial charge < -0.3 is 39.4 Å². The molecule has 7 amide bonds. The van der Waals surface area contributed by atoms with Crippen molar-refractivity contribution in [2.45, 2.75) is 107 Å². The fraction of sp³-hybridized carbons (Fsp3) is 0.431. The Hall–Kier alpha value is -6.14. The van der Waals surface area contributed by atoms with E-state index >= 15 is 0 Å². The number of carbonyl (C=O) groups is 7. The minimum Gasteiger partial charge on any atom is -0.370 e. The number of thiophene rings is 1. The van der Waals surface area contributed by atoms with E-state index in [9.17, 15) is 61.1 Å². The number of piperidine rings is 1. The minimum atomic E-state index is -5.88. The molecule has 0 radical (unpaired) electrons. The molecule has 23 heteroatoms. The highest BCUT2D eigenvalue weighted by molar-refractivity contribution is 7.52. The van der Waals surface area contributed by atoms with Gasteiger partial charge in [-0.25, -0.2) is 4.39 Å². The monoisotopic (exact) mass is 1080 g/mol. The Kier molecular flexibility index (Phi) is 15.4. The molecule has 0 saturated carbocycles. The second kappa shape index (κ2) is 21.6. The van der Waals surface area contributed by atoms with Crippen molar-refractivity contribution in [1.82, 2.24) is 30.2 Å². The number of fused-ring (bicyclic) bond motifs is 3. The molecule has 0 spiro atoms. The molecular weight excluding hydrogens is 1030 g/mol. The van der Waals surface area contributed by atoms with Crippen LogP contribution in [0.3, 0.4) is 0 Å². The molecule has 5 aliphatic rings. The van der Waals surface area contributed by atoms with Gasteiger partial charge in [-0.05, 0) is 104 Å². The third kappa shape index (κ3) is 11.0. The number of amides is 7. The number of nitrogens with zero attached hydrogens (tertiary/aromatic N) is 4. The van der Waals surface area contributed by atoms with Gasteiger partial charge in [-0.15, -0.1) is 11.3 Å². The maximum atomic E-state index is 14.8. The fourth-order valence-electron chi connectivity index (χ4n) is 10.3. The molecule has 6 heterocycles. The lowest BCUT2D eigenvalue weighted by atomic mass is 10.0. The van der Waals surface area contributed by atoms with Gasteiger partial charge in [0.1, 0.15) is 30.0 Å². The molecule has 1 aromatic heterocycles. The van der Waals surface area contributed by atoms with E-state index in [2.05, 4.69) is 22.5 Å². The smallest absolute Gasteiger partial charge is 0.370 e. The van der Waals surface area contributed by atoms with Crippen LogP contribution < -0.4 is 10.6 Å². The van der Waals surface area contributed by atoms with Crippen LogP contribution in [0.1, 0.15) is 113 Å². The molecule has 4 fully saturated rings. The molecule has 3 aromatic carbocycles. The van der Waals surface area contributed by atoms with E-state index in [-0.39, 0.29) is 97.5 Å². The molecule has 4 aromatic rings. The van der Waals surface area contributed by atoms with Crippen LogP contribution in [-0.2, 0) is 45.5 Å². The summed E-state index contributed by atoms with van der Waals surface area (Å²) in [5, 5.41) is 5.07. The largest absolute Gasteiger partial charge is 0.399 e. The summed E-state index contributed by atoms with van der Waals surface area (Å²) in [4.78, 5) is 119. The zero-order valence-corrected chi connectivity index (χ0v) is 42.2. The number of rotatable bonds is 12. The number of unbranched alkanes of at least 4 members (excludes halogenated alkanes) is 3. The number of morpholine rings is 1. The van der Waals surface area contributed by atoms with Gasteiger partial charge in [-0.3, -0.25) is 43.4 Å². The zero-order chi connectivity index (χ0) is 52.6. The zero-order valence-electron chi connectivity index (χ0n) is 39.7. The maximum absolute atomic E-state index is 14.8. The molecule has 5 aliphatic heterocycles. The van der Waals surface area contributed by atoms with Crippen molar-refractivity contribution in [2.75, 3.05) is 32.8 Å². The van der Waals surface area contributed by atoms with E-state index in [0.717, 1.165) is 29.0 Å². The standard InChI is InChI=1S/C51H51ClF3N6O11PS/c52-36-24-30(9-13-37(36)53)41-28-59(20-21-72-41)50(68)40-14-11-34-18-19-58(27-38(49(67)61(34)40)56-47(65)43-25-31-23-33(10-16-42(31)74-43)51(54,55)73(69,70)71)45(63)7-5-3-1-2-4-6-29-8-12-35-32(22-29)26-60(48(35)66)39-15-17-44(62)57-46(39)64/h8-10,12-13,16,22-25,34,38-41H,1-3,5,7,11,14-15,17-21,26-28H2,(H,56,65)(H,57,62,64)(H2,69,70,71)/t34-,38+,39?,40+,41?/m1/s1. The number of carbonyl (C=O) groups excluding carboxylic acids is 7. The number of imide groups is 1. The molecule has 4 saturated heterocycles. The Labute approximate surface area is 431 Å². The number of hydrogen-bond donors (Lipinski definition) is 4. The van der Waals surface area contributed by atoms with E-state index in [0.29, 0.717) is 66.3 Å². The van der Waals surface area contributed by atoms with Crippen LogP contribution >= 0.6 is 30.5 Å². The average molecular weight is 1080 g/mol. The summed E-state index contributed by atoms with van der Waals surface area (Å²) in [5.41, 5.74) is -2.92. The highest BCUT2D eigenvalue weighted by Gasteiger charge is 2.51. The second-order valence-corrected chi connectivity index (χ2v) is 22.2. The molecule has 5 atom stereocenters. The van der Waals surface area contributed by atoms with Crippen LogP contribution in [0.25, 0.3) is 10.1 Å². The van der Waals surface area contributed by atoms with Gasteiger partial charge in [-0.2, -0.15) is 8.78 Å². The first-order valence-corrected chi connectivity index (χ1v) is 27.1. The summed E-state index contributed by atoms with van der Waals surface area (Å²) in [6, 6.07) is 10.3. The highest BCUT2D eigenvalue weighted by atomic mass is 35.5. The van der Waals surface area contributed by atoms with E-state index in [1.165, 1.54) is 45.0 Å². The second-order valence-electron chi connectivity index (χ2n) is 19.0. The predicted octanol–water partition coefficient (Wildman–Crippen LogP) is 5.97. The minimum absolute atomic E-state index is 0.000957.